The summed E-state index contributed by atoms with van der Waals surface area (Å²) in [5.74, 6) is -0.403. The maximum atomic E-state index is 12.2. The van der Waals surface area contributed by atoms with Crippen LogP contribution in [0.3, 0.4) is 0 Å². The molecule has 9 nitrogen and oxygen atoms in total. The van der Waals surface area contributed by atoms with Crippen LogP contribution in [0.1, 0.15) is 27.2 Å². The van der Waals surface area contributed by atoms with Gasteiger partial charge in [-0.3, -0.25) is 9.69 Å². The van der Waals surface area contributed by atoms with E-state index < -0.39 is 17.7 Å². The second-order valence-electron chi connectivity index (χ2n) is 7.46. The van der Waals surface area contributed by atoms with Crippen LogP contribution in [0.15, 0.2) is 0 Å². The minimum Gasteiger partial charge on any atom is -0.434 e. The molecule has 1 unspecified atom stereocenters. The molecular weight excluding hydrogens is 382 g/mol. The second-order valence-corrected chi connectivity index (χ2v) is 7.46. The van der Waals surface area contributed by atoms with Crippen LogP contribution in [0.2, 0.25) is 0 Å². The Kier molecular flexibility index (Phi) is 14.4. The molecule has 9 heteroatoms. The number of carbonyl (C=O) groups excluding carboxylic acids is 1. The summed E-state index contributed by atoms with van der Waals surface area (Å²) in [6.45, 7) is 11.9. The van der Waals surface area contributed by atoms with E-state index in [9.17, 15) is 9.90 Å². The Bertz CT molecular complexity index is 403. The summed E-state index contributed by atoms with van der Waals surface area (Å²) in [4.78, 5) is 14.1. The fourth-order valence-electron chi connectivity index (χ4n) is 2.35. The minimum absolute atomic E-state index is 0.197. The molecule has 1 aliphatic heterocycles. The number of nitrogens with zero attached hydrogens (tertiary/aromatic N) is 1. The molecule has 1 N–H and O–H groups in total. The van der Waals surface area contributed by atoms with Gasteiger partial charge in [0.15, 0.2) is 0 Å². The van der Waals surface area contributed by atoms with Crippen molar-refractivity contribution in [1.29, 1.82) is 0 Å². The average Bonchev–Trinajstić information content (AvgIpc) is 2.69. The van der Waals surface area contributed by atoms with E-state index in [1.54, 1.807) is 13.8 Å². The highest BCUT2D eigenvalue weighted by atomic mass is 16.6. The zero-order valence-electron chi connectivity index (χ0n) is 18.2. The van der Waals surface area contributed by atoms with E-state index in [1.807, 2.05) is 11.8 Å². The number of ether oxygens (including phenoxy) is 6. The first-order valence-corrected chi connectivity index (χ1v) is 10.5. The van der Waals surface area contributed by atoms with Gasteiger partial charge in [-0.15, -0.1) is 0 Å². The SMILES string of the molecule is CCC(C)(C)C(=O)OC(O)CN1CCOCCOCCOCCOCCOCC1. The number of aliphatic hydroxyl groups is 1. The van der Waals surface area contributed by atoms with E-state index in [0.717, 1.165) is 0 Å². The van der Waals surface area contributed by atoms with E-state index in [-0.39, 0.29) is 6.54 Å². The fraction of sp³-hybridized carbons (Fsp3) is 0.950. The lowest BCUT2D eigenvalue weighted by atomic mass is 9.91. The molecule has 1 aliphatic rings. The summed E-state index contributed by atoms with van der Waals surface area (Å²) < 4.78 is 32.6. The maximum Gasteiger partial charge on any atom is 0.313 e. The Balaban J connectivity index is 2.43. The maximum absolute atomic E-state index is 12.2. The standard InChI is InChI=1S/C20H39NO8/c1-4-20(2,3)19(23)29-18(22)17-21-5-7-24-9-11-26-13-15-28-16-14-27-12-10-25-8-6-21/h18,22H,4-17H2,1-3H3. The van der Waals surface area contributed by atoms with Gasteiger partial charge in [-0.1, -0.05) is 6.92 Å². The van der Waals surface area contributed by atoms with Gasteiger partial charge in [-0.2, -0.15) is 0 Å². The summed E-state index contributed by atoms with van der Waals surface area (Å²) in [6.07, 6.45) is -0.557. The number of carbonyl (C=O) groups is 1. The lowest BCUT2D eigenvalue weighted by Crippen LogP contribution is -2.41. The van der Waals surface area contributed by atoms with Crippen molar-refractivity contribution >= 4 is 5.97 Å². The van der Waals surface area contributed by atoms with Crippen molar-refractivity contribution in [3.05, 3.63) is 0 Å². The molecule has 0 aromatic heterocycles. The summed E-state index contributed by atoms with van der Waals surface area (Å²) >= 11 is 0. The second kappa shape index (κ2) is 16.0. The van der Waals surface area contributed by atoms with E-state index in [1.165, 1.54) is 0 Å². The van der Waals surface area contributed by atoms with Crippen LogP contribution in [0, 0.1) is 5.41 Å². The fourth-order valence-corrected chi connectivity index (χ4v) is 2.35. The molecule has 0 aromatic carbocycles. The molecule has 172 valence electrons. The highest BCUT2D eigenvalue weighted by molar-refractivity contribution is 5.75. The Hall–Kier alpha value is -0.810. The van der Waals surface area contributed by atoms with Crippen LogP contribution in [0.25, 0.3) is 0 Å². The largest absolute Gasteiger partial charge is 0.434 e. The number of hydrogen-bond donors (Lipinski definition) is 1. The zero-order chi connectivity index (χ0) is 21.4. The highest BCUT2D eigenvalue weighted by Gasteiger charge is 2.29. The van der Waals surface area contributed by atoms with Gasteiger partial charge in [-0.25, -0.2) is 0 Å². The van der Waals surface area contributed by atoms with Gasteiger partial charge < -0.3 is 33.5 Å². The van der Waals surface area contributed by atoms with Crippen molar-refractivity contribution in [2.45, 2.75) is 33.5 Å². The lowest BCUT2D eigenvalue weighted by Gasteiger charge is -2.27. The molecular formula is C20H39NO8. The van der Waals surface area contributed by atoms with Gasteiger partial charge in [0.05, 0.1) is 78.0 Å². The summed E-state index contributed by atoms with van der Waals surface area (Å²) in [5.41, 5.74) is -0.619. The highest BCUT2D eigenvalue weighted by Crippen LogP contribution is 2.22. The smallest absolute Gasteiger partial charge is 0.313 e. The molecule has 0 spiro atoms. The van der Waals surface area contributed by atoms with Crippen molar-refractivity contribution in [2.75, 3.05) is 85.7 Å². The Labute approximate surface area is 174 Å². The average molecular weight is 422 g/mol. The van der Waals surface area contributed by atoms with E-state index in [0.29, 0.717) is 85.6 Å². The molecule has 0 amide bonds. The summed E-state index contributed by atoms with van der Waals surface area (Å²) in [5, 5.41) is 10.2. The quantitative estimate of drug-likeness (QED) is 0.508. The van der Waals surface area contributed by atoms with Crippen molar-refractivity contribution < 1.29 is 38.3 Å². The zero-order valence-corrected chi connectivity index (χ0v) is 18.2. The predicted octanol–water partition coefficient (Wildman–Crippen LogP) is 0.683. The summed E-state index contributed by atoms with van der Waals surface area (Å²) in [6, 6.07) is 0. The lowest BCUT2D eigenvalue weighted by molar-refractivity contribution is -0.181. The third kappa shape index (κ3) is 13.2. The minimum atomic E-state index is -1.20. The molecule has 1 heterocycles. The topological polar surface area (TPSA) is 95.9 Å². The number of hydrogen-bond acceptors (Lipinski definition) is 9. The van der Waals surface area contributed by atoms with Crippen molar-refractivity contribution in [2.24, 2.45) is 5.41 Å². The van der Waals surface area contributed by atoms with Crippen LogP contribution >= 0.6 is 0 Å². The van der Waals surface area contributed by atoms with Gasteiger partial charge >= 0.3 is 5.97 Å². The normalized spacial score (nSPS) is 21.7. The first-order chi connectivity index (χ1) is 14.0. The van der Waals surface area contributed by atoms with Crippen LogP contribution in [-0.2, 0) is 33.2 Å². The monoisotopic (exact) mass is 421 g/mol. The molecule has 0 radical (unpaired) electrons. The third-order valence-corrected chi connectivity index (χ3v) is 4.69. The van der Waals surface area contributed by atoms with E-state index in [2.05, 4.69) is 0 Å². The van der Waals surface area contributed by atoms with Crippen molar-refractivity contribution in [3.63, 3.8) is 0 Å². The van der Waals surface area contributed by atoms with E-state index in [4.69, 9.17) is 28.4 Å². The summed E-state index contributed by atoms with van der Waals surface area (Å²) in [7, 11) is 0. The van der Waals surface area contributed by atoms with Gasteiger partial charge in [0.1, 0.15) is 0 Å². The Morgan fingerprint density at radius 1 is 0.862 bits per heavy atom. The van der Waals surface area contributed by atoms with E-state index >= 15 is 0 Å². The number of esters is 1. The molecule has 29 heavy (non-hydrogen) atoms. The van der Waals surface area contributed by atoms with Gasteiger partial charge in [-0.05, 0) is 20.3 Å². The predicted molar refractivity (Wildman–Crippen MR) is 107 cm³/mol. The van der Waals surface area contributed by atoms with Crippen LogP contribution in [-0.4, -0.2) is 108 Å². The first kappa shape index (κ1) is 26.2. The Morgan fingerprint density at radius 2 is 1.24 bits per heavy atom. The molecule has 1 saturated heterocycles. The molecule has 0 aliphatic carbocycles. The van der Waals surface area contributed by atoms with Crippen LogP contribution in [0.5, 0.6) is 0 Å². The van der Waals surface area contributed by atoms with Gasteiger partial charge in [0.2, 0.25) is 6.29 Å². The Morgan fingerprint density at radius 3 is 1.62 bits per heavy atom. The third-order valence-electron chi connectivity index (χ3n) is 4.69. The van der Waals surface area contributed by atoms with Crippen LogP contribution < -0.4 is 0 Å². The number of rotatable bonds is 5. The number of aliphatic hydroxyl groups excluding tert-OH is 1. The molecule has 1 atom stereocenters. The first-order valence-electron chi connectivity index (χ1n) is 10.5. The molecule has 1 fully saturated rings. The van der Waals surface area contributed by atoms with Gasteiger partial charge in [0.25, 0.3) is 0 Å². The molecule has 0 saturated carbocycles. The van der Waals surface area contributed by atoms with Gasteiger partial charge in [0, 0.05) is 13.1 Å². The molecule has 0 bridgehead atoms. The molecule has 1 rings (SSSR count). The van der Waals surface area contributed by atoms with Crippen LogP contribution in [0.4, 0.5) is 0 Å². The molecule has 0 aromatic rings. The van der Waals surface area contributed by atoms with Crippen molar-refractivity contribution in [3.8, 4) is 0 Å². The van der Waals surface area contributed by atoms with Crippen molar-refractivity contribution in [1.82, 2.24) is 4.90 Å². The number of β-amino-alcohol motifs (C(OH)–C–C–N with tert-alkyl or cyclic N) is 1.